The molecule has 0 radical (unpaired) electrons. The van der Waals surface area contributed by atoms with Gasteiger partial charge in [-0.25, -0.2) is 0 Å². The minimum atomic E-state index is 0. The first-order chi connectivity index (χ1) is 8.73. The molecular formula is C12H14Cl2N4S2. The van der Waals surface area contributed by atoms with Crippen molar-refractivity contribution in [1.29, 1.82) is 10.5 Å². The van der Waals surface area contributed by atoms with Gasteiger partial charge in [-0.1, -0.05) is 0 Å². The van der Waals surface area contributed by atoms with Crippen LogP contribution in [0, 0.1) is 22.7 Å². The van der Waals surface area contributed by atoms with E-state index >= 15 is 0 Å². The van der Waals surface area contributed by atoms with Gasteiger partial charge in [-0.05, 0) is 18.2 Å². The first-order valence-corrected chi connectivity index (χ1v) is 6.79. The Morgan fingerprint density at radius 1 is 1.00 bits per heavy atom. The number of nitrogens with zero attached hydrogens (tertiary/aromatic N) is 2. The molecule has 2 rings (SSSR count). The van der Waals surface area contributed by atoms with Gasteiger partial charge in [-0.3, -0.25) is 0 Å². The van der Waals surface area contributed by atoms with Crippen LogP contribution >= 0.6 is 47.5 Å². The second kappa shape index (κ2) is 11.7. The topological polar surface area (TPSA) is 99.6 Å². The van der Waals surface area contributed by atoms with E-state index in [1.54, 1.807) is 6.07 Å². The van der Waals surface area contributed by atoms with Crippen LogP contribution in [0.25, 0.3) is 0 Å². The predicted octanol–water partition coefficient (Wildman–Crippen LogP) is 3.00. The summed E-state index contributed by atoms with van der Waals surface area (Å²) in [5.41, 5.74) is 11.3. The fourth-order valence-electron chi connectivity index (χ4n) is 1.09. The van der Waals surface area contributed by atoms with Gasteiger partial charge < -0.3 is 11.5 Å². The summed E-state index contributed by atoms with van der Waals surface area (Å²) in [6, 6.07) is 9.55. The van der Waals surface area contributed by atoms with Crippen molar-refractivity contribution >= 4 is 47.5 Å². The molecule has 0 saturated carbocycles. The summed E-state index contributed by atoms with van der Waals surface area (Å²) in [5.74, 6) is 0. The summed E-state index contributed by atoms with van der Waals surface area (Å²) in [6.45, 7) is 1.07. The molecule has 0 aliphatic heterocycles. The van der Waals surface area contributed by atoms with Gasteiger partial charge in [0, 0.05) is 28.2 Å². The minimum absolute atomic E-state index is 0. The van der Waals surface area contributed by atoms with Crippen LogP contribution in [-0.2, 0) is 13.1 Å². The monoisotopic (exact) mass is 348 g/mol. The molecule has 4 N–H and O–H groups in total. The molecule has 0 aliphatic rings. The van der Waals surface area contributed by atoms with Crippen molar-refractivity contribution in [2.45, 2.75) is 13.1 Å². The molecule has 0 unspecified atom stereocenters. The lowest BCUT2D eigenvalue weighted by Gasteiger charge is -1.80. The third-order valence-electron chi connectivity index (χ3n) is 1.96. The average molecular weight is 349 g/mol. The molecule has 2 heterocycles. The third kappa shape index (κ3) is 6.88. The second-order valence-corrected chi connectivity index (χ2v) is 5.36. The van der Waals surface area contributed by atoms with Crippen molar-refractivity contribution < 1.29 is 0 Å². The van der Waals surface area contributed by atoms with E-state index in [-0.39, 0.29) is 24.8 Å². The van der Waals surface area contributed by atoms with Crippen LogP contribution in [0.4, 0.5) is 0 Å². The molecule has 108 valence electrons. The van der Waals surface area contributed by atoms with Crippen molar-refractivity contribution in [3.63, 3.8) is 0 Å². The molecule has 8 heteroatoms. The SMILES string of the molecule is Cl.Cl.N#Cc1ccc(CN)s1.N#Cc1csc(CN)c1. The molecule has 0 aliphatic carbocycles. The quantitative estimate of drug-likeness (QED) is 0.870. The highest BCUT2D eigenvalue weighted by Gasteiger charge is 1.94. The van der Waals surface area contributed by atoms with Crippen molar-refractivity contribution in [3.05, 3.63) is 43.8 Å². The van der Waals surface area contributed by atoms with Gasteiger partial charge in [0.25, 0.3) is 0 Å². The predicted molar refractivity (Wildman–Crippen MR) is 88.3 cm³/mol. The molecule has 0 amide bonds. The maximum Gasteiger partial charge on any atom is 0.110 e. The van der Waals surface area contributed by atoms with Gasteiger partial charge >= 0.3 is 0 Å². The highest BCUT2D eigenvalue weighted by molar-refractivity contribution is 7.12. The fraction of sp³-hybridized carbons (Fsp3) is 0.167. The first kappa shape index (κ1) is 21.2. The number of halogens is 2. The Bertz CT molecular complexity index is 529. The molecule has 0 bridgehead atoms. The van der Waals surface area contributed by atoms with Gasteiger partial charge in [-0.2, -0.15) is 10.5 Å². The van der Waals surface area contributed by atoms with E-state index in [9.17, 15) is 0 Å². The number of nitriles is 2. The van der Waals surface area contributed by atoms with Crippen LogP contribution in [0.2, 0.25) is 0 Å². The van der Waals surface area contributed by atoms with Crippen LogP contribution in [-0.4, -0.2) is 0 Å². The summed E-state index contributed by atoms with van der Waals surface area (Å²) >= 11 is 2.97. The van der Waals surface area contributed by atoms with E-state index < -0.39 is 0 Å². The molecule has 2 aromatic rings. The Morgan fingerprint density at radius 3 is 1.95 bits per heavy atom. The molecule has 2 aromatic heterocycles. The standard InChI is InChI=1S/2C6H6N2S.2ClH/c7-2-5-1-6(3-8)9-4-5;7-3-5-1-2-6(4-8)9-5;;/h1,4H,3,8H2;1-2H,3,7H2;2*1H. The lowest BCUT2D eigenvalue weighted by Crippen LogP contribution is -1.91. The average Bonchev–Trinajstić information content (AvgIpc) is 3.07. The maximum atomic E-state index is 8.37. The maximum absolute atomic E-state index is 8.37. The minimum Gasteiger partial charge on any atom is -0.326 e. The Balaban J connectivity index is 0. The van der Waals surface area contributed by atoms with Crippen molar-refractivity contribution in [3.8, 4) is 12.1 Å². The number of nitrogens with two attached hydrogens (primary N) is 2. The molecule has 0 saturated heterocycles. The lowest BCUT2D eigenvalue weighted by atomic mass is 10.3. The molecule has 0 spiro atoms. The molecule has 0 fully saturated rings. The van der Waals surface area contributed by atoms with Crippen LogP contribution in [0.1, 0.15) is 20.2 Å². The van der Waals surface area contributed by atoms with Crippen LogP contribution in [0.3, 0.4) is 0 Å². The smallest absolute Gasteiger partial charge is 0.110 e. The van der Waals surface area contributed by atoms with Crippen LogP contribution in [0.5, 0.6) is 0 Å². The summed E-state index contributed by atoms with van der Waals surface area (Å²) in [6.07, 6.45) is 0. The van der Waals surface area contributed by atoms with Crippen molar-refractivity contribution in [2.24, 2.45) is 11.5 Å². The molecule has 20 heavy (non-hydrogen) atoms. The molecule has 0 aromatic carbocycles. The number of hydrogen-bond donors (Lipinski definition) is 2. The van der Waals surface area contributed by atoms with E-state index in [1.165, 1.54) is 22.7 Å². The third-order valence-corrected chi connectivity index (χ3v) is 3.93. The Morgan fingerprint density at radius 2 is 1.65 bits per heavy atom. The van der Waals surface area contributed by atoms with Crippen molar-refractivity contribution in [2.75, 3.05) is 0 Å². The summed E-state index contributed by atoms with van der Waals surface area (Å²) in [7, 11) is 0. The molecule has 4 nitrogen and oxygen atoms in total. The van der Waals surface area contributed by atoms with Gasteiger partial charge in [0.05, 0.1) is 5.56 Å². The van der Waals surface area contributed by atoms with E-state index in [4.69, 9.17) is 22.0 Å². The zero-order valence-electron chi connectivity index (χ0n) is 10.4. The largest absolute Gasteiger partial charge is 0.326 e. The number of thiophene rings is 2. The van der Waals surface area contributed by atoms with E-state index in [2.05, 4.69) is 0 Å². The Hall–Kier alpha value is -1.12. The van der Waals surface area contributed by atoms with E-state index in [0.717, 1.165) is 14.6 Å². The van der Waals surface area contributed by atoms with E-state index in [1.807, 2.05) is 29.7 Å². The Kier molecular flexibility index (Phi) is 12.4. The second-order valence-electron chi connectivity index (χ2n) is 3.20. The van der Waals surface area contributed by atoms with Crippen LogP contribution < -0.4 is 11.5 Å². The Labute approximate surface area is 138 Å². The lowest BCUT2D eigenvalue weighted by molar-refractivity contribution is 1.11. The van der Waals surface area contributed by atoms with E-state index in [0.29, 0.717) is 18.7 Å². The summed E-state index contributed by atoms with van der Waals surface area (Å²) < 4.78 is 0. The number of rotatable bonds is 2. The van der Waals surface area contributed by atoms with Crippen LogP contribution in [0.15, 0.2) is 23.6 Å². The zero-order valence-corrected chi connectivity index (χ0v) is 13.7. The molecule has 0 atom stereocenters. The van der Waals surface area contributed by atoms with Gasteiger partial charge in [-0.15, -0.1) is 47.5 Å². The highest BCUT2D eigenvalue weighted by atomic mass is 35.5. The normalized spacial score (nSPS) is 8.00. The fourth-order valence-corrected chi connectivity index (χ4v) is 2.47. The highest BCUT2D eigenvalue weighted by Crippen LogP contribution is 2.13. The molecular weight excluding hydrogens is 335 g/mol. The zero-order chi connectivity index (χ0) is 13.4. The summed E-state index contributed by atoms with van der Waals surface area (Å²) in [4.78, 5) is 2.86. The van der Waals surface area contributed by atoms with Gasteiger partial charge in [0.1, 0.15) is 17.0 Å². The van der Waals surface area contributed by atoms with Crippen molar-refractivity contribution in [1.82, 2.24) is 0 Å². The summed E-state index contributed by atoms with van der Waals surface area (Å²) in [5, 5.41) is 18.5. The van der Waals surface area contributed by atoms with Gasteiger partial charge in [0.2, 0.25) is 0 Å². The number of hydrogen-bond acceptors (Lipinski definition) is 6. The first-order valence-electron chi connectivity index (χ1n) is 5.10. The van der Waals surface area contributed by atoms with Gasteiger partial charge in [0.15, 0.2) is 0 Å².